The number of halogens is 1. The molecule has 1 amide bonds. The zero-order chi connectivity index (χ0) is 17.4. The van der Waals surface area contributed by atoms with E-state index in [0.717, 1.165) is 19.3 Å². The normalized spacial score (nSPS) is 13.8. The first-order valence-electron chi connectivity index (χ1n) is 8.05. The van der Waals surface area contributed by atoms with Crippen LogP contribution in [0.15, 0.2) is 29.8 Å². The molecule has 5 nitrogen and oxygen atoms in total. The Hall–Kier alpha value is -2.01. The van der Waals surface area contributed by atoms with Crippen molar-refractivity contribution in [3.05, 3.63) is 40.4 Å². The van der Waals surface area contributed by atoms with Crippen LogP contribution in [0.2, 0.25) is 5.02 Å². The number of hydrogen-bond acceptors (Lipinski definition) is 4. The van der Waals surface area contributed by atoms with Gasteiger partial charge in [-0.2, -0.15) is 0 Å². The topological polar surface area (TPSA) is 64.6 Å². The summed E-state index contributed by atoms with van der Waals surface area (Å²) in [6.07, 6.45) is 7.81. The molecule has 0 bridgehead atoms. The van der Waals surface area contributed by atoms with E-state index in [1.165, 1.54) is 31.6 Å². The number of carbonyl (C=O) groups is 2. The van der Waals surface area contributed by atoms with E-state index < -0.39 is 5.97 Å². The summed E-state index contributed by atoms with van der Waals surface area (Å²) in [5, 5.41) is 3.16. The van der Waals surface area contributed by atoms with E-state index in [9.17, 15) is 9.59 Å². The number of benzene rings is 1. The van der Waals surface area contributed by atoms with Crippen molar-refractivity contribution in [3.8, 4) is 5.75 Å². The molecule has 1 aliphatic carbocycles. The fraction of sp³-hybridized carbons (Fsp3) is 0.444. The maximum Gasteiger partial charge on any atom is 0.342 e. The van der Waals surface area contributed by atoms with E-state index in [4.69, 9.17) is 21.1 Å². The SMILES string of the molecule is COc1ccc(Cl)cc1C(=O)OCC(=O)NCCC1=CCCCC1. The lowest BCUT2D eigenvalue weighted by Gasteiger charge is -2.13. The van der Waals surface area contributed by atoms with Crippen molar-refractivity contribution in [2.75, 3.05) is 20.3 Å². The second-order valence-corrected chi connectivity index (χ2v) is 6.07. The van der Waals surface area contributed by atoms with Crippen molar-refractivity contribution < 1.29 is 19.1 Å². The summed E-state index contributed by atoms with van der Waals surface area (Å²) in [6, 6.07) is 4.65. The van der Waals surface area contributed by atoms with Gasteiger partial charge in [0.2, 0.25) is 0 Å². The molecule has 1 N–H and O–H groups in total. The van der Waals surface area contributed by atoms with Crippen LogP contribution in [0.5, 0.6) is 5.75 Å². The zero-order valence-corrected chi connectivity index (χ0v) is 14.5. The summed E-state index contributed by atoms with van der Waals surface area (Å²) in [5.41, 5.74) is 1.59. The number of methoxy groups -OCH3 is 1. The van der Waals surface area contributed by atoms with E-state index in [2.05, 4.69) is 11.4 Å². The highest BCUT2D eigenvalue weighted by molar-refractivity contribution is 6.31. The van der Waals surface area contributed by atoms with Crippen LogP contribution in [-0.4, -0.2) is 32.1 Å². The molecule has 0 fully saturated rings. The van der Waals surface area contributed by atoms with Gasteiger partial charge in [-0.15, -0.1) is 0 Å². The Bertz CT molecular complexity index is 627. The lowest BCUT2D eigenvalue weighted by atomic mass is 9.97. The Balaban J connectivity index is 1.76. The number of nitrogens with one attached hydrogen (secondary N) is 1. The van der Waals surface area contributed by atoms with Crippen LogP contribution in [0.25, 0.3) is 0 Å². The Labute approximate surface area is 147 Å². The number of rotatable bonds is 7. The Kier molecular flexibility index (Phi) is 7.12. The van der Waals surface area contributed by atoms with Crippen molar-refractivity contribution in [3.63, 3.8) is 0 Å². The molecule has 130 valence electrons. The number of ether oxygens (including phenoxy) is 2. The third-order valence-corrected chi connectivity index (χ3v) is 4.10. The zero-order valence-electron chi connectivity index (χ0n) is 13.8. The largest absolute Gasteiger partial charge is 0.496 e. The molecule has 2 rings (SSSR count). The van der Waals surface area contributed by atoms with Gasteiger partial charge in [0, 0.05) is 11.6 Å². The molecule has 0 spiro atoms. The number of amides is 1. The van der Waals surface area contributed by atoms with Crippen molar-refractivity contribution in [1.29, 1.82) is 0 Å². The van der Waals surface area contributed by atoms with Gasteiger partial charge in [0.15, 0.2) is 6.61 Å². The van der Waals surface area contributed by atoms with E-state index >= 15 is 0 Å². The van der Waals surface area contributed by atoms with Crippen molar-refractivity contribution in [1.82, 2.24) is 5.32 Å². The smallest absolute Gasteiger partial charge is 0.342 e. The number of esters is 1. The quantitative estimate of drug-likeness (QED) is 0.603. The first kappa shape index (κ1) is 18.3. The molecule has 0 unspecified atom stereocenters. The molecule has 0 heterocycles. The second kappa shape index (κ2) is 9.33. The van der Waals surface area contributed by atoms with E-state index in [1.54, 1.807) is 12.1 Å². The van der Waals surface area contributed by atoms with Gasteiger partial charge in [0.1, 0.15) is 11.3 Å². The summed E-state index contributed by atoms with van der Waals surface area (Å²) in [7, 11) is 1.45. The molecule has 0 aromatic heterocycles. The molecular formula is C18H22ClNO4. The Morgan fingerprint density at radius 2 is 2.12 bits per heavy atom. The van der Waals surface area contributed by atoms with Gasteiger partial charge in [-0.1, -0.05) is 23.3 Å². The van der Waals surface area contributed by atoms with Crippen LogP contribution >= 0.6 is 11.6 Å². The van der Waals surface area contributed by atoms with Gasteiger partial charge in [-0.25, -0.2) is 4.79 Å². The predicted octanol–water partition coefficient (Wildman–Crippen LogP) is 3.51. The molecule has 0 atom stereocenters. The van der Waals surface area contributed by atoms with Crippen molar-refractivity contribution >= 4 is 23.5 Å². The number of hydrogen-bond donors (Lipinski definition) is 1. The van der Waals surface area contributed by atoms with Crippen molar-refractivity contribution in [2.24, 2.45) is 0 Å². The van der Waals surface area contributed by atoms with Gasteiger partial charge in [0.05, 0.1) is 7.11 Å². The van der Waals surface area contributed by atoms with Crippen LogP contribution in [0.1, 0.15) is 42.5 Å². The molecular weight excluding hydrogens is 330 g/mol. The van der Waals surface area contributed by atoms with Gasteiger partial charge in [-0.3, -0.25) is 4.79 Å². The molecule has 1 aromatic carbocycles. The molecule has 6 heteroatoms. The fourth-order valence-electron chi connectivity index (χ4n) is 2.59. The fourth-order valence-corrected chi connectivity index (χ4v) is 2.77. The minimum atomic E-state index is -0.639. The molecule has 24 heavy (non-hydrogen) atoms. The van der Waals surface area contributed by atoms with E-state index in [0.29, 0.717) is 17.3 Å². The summed E-state index contributed by atoms with van der Waals surface area (Å²) >= 11 is 5.87. The summed E-state index contributed by atoms with van der Waals surface area (Å²) in [4.78, 5) is 23.8. The molecule has 0 radical (unpaired) electrons. The lowest BCUT2D eigenvalue weighted by Crippen LogP contribution is -2.30. The third-order valence-electron chi connectivity index (χ3n) is 3.87. The monoisotopic (exact) mass is 351 g/mol. The van der Waals surface area contributed by atoms with Gasteiger partial charge in [-0.05, 0) is 50.3 Å². The standard InChI is InChI=1S/C18H22ClNO4/c1-23-16-8-7-14(19)11-15(16)18(22)24-12-17(21)20-10-9-13-5-3-2-4-6-13/h5,7-8,11H,2-4,6,9-10,12H2,1H3,(H,20,21). The summed E-state index contributed by atoms with van der Waals surface area (Å²) in [6.45, 7) is 0.232. The second-order valence-electron chi connectivity index (χ2n) is 5.63. The molecule has 0 aliphatic heterocycles. The average molecular weight is 352 g/mol. The van der Waals surface area contributed by atoms with Crippen molar-refractivity contribution in [2.45, 2.75) is 32.1 Å². The van der Waals surface area contributed by atoms with Crippen LogP contribution in [0, 0.1) is 0 Å². The van der Waals surface area contributed by atoms with Crippen LogP contribution in [0.3, 0.4) is 0 Å². The van der Waals surface area contributed by atoms with Gasteiger partial charge < -0.3 is 14.8 Å². The Morgan fingerprint density at radius 3 is 2.83 bits per heavy atom. The molecule has 1 aromatic rings. The first-order valence-corrected chi connectivity index (χ1v) is 8.43. The molecule has 0 saturated carbocycles. The highest BCUT2D eigenvalue weighted by Gasteiger charge is 2.16. The summed E-state index contributed by atoms with van der Waals surface area (Å²) < 4.78 is 10.1. The van der Waals surface area contributed by atoms with Crippen LogP contribution in [0.4, 0.5) is 0 Å². The minimum absolute atomic E-state index is 0.199. The van der Waals surface area contributed by atoms with Crippen LogP contribution < -0.4 is 10.1 Å². The maximum atomic E-state index is 12.1. The highest BCUT2D eigenvalue weighted by atomic mass is 35.5. The average Bonchev–Trinajstić information content (AvgIpc) is 2.60. The minimum Gasteiger partial charge on any atom is -0.496 e. The molecule has 0 saturated heterocycles. The summed E-state index contributed by atoms with van der Waals surface area (Å²) in [5.74, 6) is -0.603. The van der Waals surface area contributed by atoms with Gasteiger partial charge >= 0.3 is 5.97 Å². The first-order chi connectivity index (χ1) is 11.6. The lowest BCUT2D eigenvalue weighted by molar-refractivity contribution is -0.124. The predicted molar refractivity (Wildman–Crippen MR) is 92.5 cm³/mol. The van der Waals surface area contributed by atoms with E-state index in [-0.39, 0.29) is 18.1 Å². The Morgan fingerprint density at radius 1 is 1.29 bits per heavy atom. The highest BCUT2D eigenvalue weighted by Crippen LogP contribution is 2.23. The molecule has 1 aliphatic rings. The van der Waals surface area contributed by atoms with Crippen LogP contribution in [-0.2, 0) is 9.53 Å². The maximum absolute atomic E-state index is 12.1. The third kappa shape index (κ3) is 5.57. The number of carbonyl (C=O) groups excluding carboxylic acids is 2. The van der Waals surface area contributed by atoms with Gasteiger partial charge in [0.25, 0.3) is 5.91 Å². The van der Waals surface area contributed by atoms with E-state index in [1.807, 2.05) is 0 Å². The number of allylic oxidation sites excluding steroid dienone is 1.